The second-order valence-corrected chi connectivity index (χ2v) is 4.45. The molecule has 1 fully saturated rings. The maximum atomic E-state index is 11.9. The maximum absolute atomic E-state index is 11.9. The molecular formula is C9H13N5OS. The van der Waals surface area contributed by atoms with Crippen molar-refractivity contribution in [3.8, 4) is 0 Å². The first-order chi connectivity index (χ1) is 7.56. The van der Waals surface area contributed by atoms with E-state index in [9.17, 15) is 4.79 Å². The van der Waals surface area contributed by atoms with Crippen molar-refractivity contribution >= 4 is 23.1 Å². The molecule has 1 saturated carbocycles. The zero-order valence-electron chi connectivity index (χ0n) is 8.86. The molecule has 0 spiro atoms. The number of aromatic nitrogens is 3. The second-order valence-electron chi connectivity index (χ2n) is 4.01. The van der Waals surface area contributed by atoms with Crippen molar-refractivity contribution < 1.29 is 4.79 Å². The lowest BCUT2D eigenvalue weighted by Crippen LogP contribution is -2.40. The number of thiocarbonyl (C=S) groups is 1. The van der Waals surface area contributed by atoms with Gasteiger partial charge in [-0.2, -0.15) is 5.10 Å². The topological polar surface area (TPSA) is 96.7 Å². The zero-order valence-corrected chi connectivity index (χ0v) is 9.67. The number of H-pyrrole nitrogens is 1. The molecule has 7 heteroatoms. The predicted molar refractivity (Wildman–Crippen MR) is 61.4 cm³/mol. The average molecular weight is 239 g/mol. The van der Waals surface area contributed by atoms with Crippen LogP contribution in [0.5, 0.6) is 0 Å². The fourth-order valence-corrected chi connectivity index (χ4v) is 1.83. The van der Waals surface area contributed by atoms with Gasteiger partial charge in [0.05, 0.1) is 16.4 Å². The van der Waals surface area contributed by atoms with Gasteiger partial charge in [0.1, 0.15) is 12.2 Å². The number of rotatable bonds is 4. The number of amides is 1. The summed E-state index contributed by atoms with van der Waals surface area (Å²) < 4.78 is 0. The van der Waals surface area contributed by atoms with Crippen LogP contribution in [0.4, 0.5) is 0 Å². The summed E-state index contributed by atoms with van der Waals surface area (Å²) in [6, 6.07) is -0.221. The molecule has 1 aliphatic rings. The summed E-state index contributed by atoms with van der Waals surface area (Å²) in [7, 11) is 0. The molecular weight excluding hydrogens is 226 g/mol. The Morgan fingerprint density at radius 1 is 1.75 bits per heavy atom. The second kappa shape index (κ2) is 3.82. The monoisotopic (exact) mass is 239 g/mol. The fourth-order valence-electron chi connectivity index (χ4n) is 1.54. The highest BCUT2D eigenvalue weighted by molar-refractivity contribution is 7.80. The lowest BCUT2D eigenvalue weighted by atomic mass is 10.1. The van der Waals surface area contributed by atoms with E-state index >= 15 is 0 Å². The van der Waals surface area contributed by atoms with Gasteiger partial charge in [-0.15, -0.1) is 0 Å². The van der Waals surface area contributed by atoms with E-state index in [1.54, 1.807) is 0 Å². The van der Waals surface area contributed by atoms with Crippen molar-refractivity contribution in [2.75, 3.05) is 0 Å². The first kappa shape index (κ1) is 11.0. The van der Waals surface area contributed by atoms with Crippen LogP contribution in [0.15, 0.2) is 6.33 Å². The average Bonchev–Trinajstić information content (AvgIpc) is 2.87. The van der Waals surface area contributed by atoms with Crippen molar-refractivity contribution in [2.45, 2.75) is 25.8 Å². The Morgan fingerprint density at radius 3 is 2.88 bits per heavy atom. The minimum Gasteiger partial charge on any atom is -0.392 e. The van der Waals surface area contributed by atoms with Gasteiger partial charge in [0.25, 0.3) is 0 Å². The molecule has 0 aromatic carbocycles. The Balaban J connectivity index is 2.01. The van der Waals surface area contributed by atoms with Gasteiger partial charge >= 0.3 is 0 Å². The first-order valence-corrected chi connectivity index (χ1v) is 5.43. The lowest BCUT2D eigenvalue weighted by molar-refractivity contribution is -0.124. The third-order valence-electron chi connectivity index (χ3n) is 2.85. The van der Waals surface area contributed by atoms with Crippen LogP contribution >= 0.6 is 12.2 Å². The number of aromatic amines is 1. The van der Waals surface area contributed by atoms with Crippen molar-refractivity contribution in [3.63, 3.8) is 0 Å². The summed E-state index contributed by atoms with van der Waals surface area (Å²) in [5.41, 5.74) is 4.94. The molecule has 2 rings (SSSR count). The van der Waals surface area contributed by atoms with Gasteiger partial charge in [-0.25, -0.2) is 4.98 Å². The van der Waals surface area contributed by atoms with Crippen molar-refractivity contribution in [1.82, 2.24) is 20.5 Å². The molecule has 0 aliphatic heterocycles. The minimum atomic E-state index is -0.621. The van der Waals surface area contributed by atoms with E-state index in [4.69, 9.17) is 18.0 Å². The van der Waals surface area contributed by atoms with Gasteiger partial charge in [0.15, 0.2) is 0 Å². The van der Waals surface area contributed by atoms with E-state index < -0.39 is 5.41 Å². The number of hydrogen-bond donors (Lipinski definition) is 3. The highest BCUT2D eigenvalue weighted by atomic mass is 32.1. The number of carbonyl (C=O) groups is 1. The summed E-state index contributed by atoms with van der Waals surface area (Å²) in [5.74, 6) is 0.496. The van der Waals surface area contributed by atoms with Crippen LogP contribution in [0.3, 0.4) is 0 Å². The SMILES string of the molecule is CC(NC(=O)C1(C(N)=S)CC1)c1ncn[nH]1. The van der Waals surface area contributed by atoms with E-state index in [0.29, 0.717) is 5.82 Å². The quantitative estimate of drug-likeness (QED) is 0.645. The van der Waals surface area contributed by atoms with Crippen molar-refractivity contribution in [1.29, 1.82) is 0 Å². The van der Waals surface area contributed by atoms with E-state index in [-0.39, 0.29) is 16.9 Å². The Morgan fingerprint density at radius 2 is 2.44 bits per heavy atom. The summed E-state index contributed by atoms with van der Waals surface area (Å²) in [6.07, 6.45) is 2.87. The van der Waals surface area contributed by atoms with Crippen LogP contribution < -0.4 is 11.1 Å². The number of nitrogens with zero attached hydrogens (tertiary/aromatic N) is 2. The van der Waals surface area contributed by atoms with E-state index in [2.05, 4.69) is 20.5 Å². The number of nitrogens with two attached hydrogens (primary N) is 1. The van der Waals surface area contributed by atoms with Gasteiger partial charge in [-0.1, -0.05) is 12.2 Å². The summed E-state index contributed by atoms with van der Waals surface area (Å²) in [6.45, 7) is 1.83. The van der Waals surface area contributed by atoms with E-state index in [1.165, 1.54) is 6.33 Å². The molecule has 0 saturated heterocycles. The van der Waals surface area contributed by atoms with Crippen LogP contribution in [0, 0.1) is 5.41 Å². The molecule has 0 bridgehead atoms. The number of carbonyl (C=O) groups excluding carboxylic acids is 1. The van der Waals surface area contributed by atoms with Crippen molar-refractivity contribution in [2.24, 2.45) is 11.1 Å². The molecule has 6 nitrogen and oxygen atoms in total. The molecule has 4 N–H and O–H groups in total. The largest absolute Gasteiger partial charge is 0.392 e. The summed E-state index contributed by atoms with van der Waals surface area (Å²) >= 11 is 4.90. The Hall–Kier alpha value is -1.50. The summed E-state index contributed by atoms with van der Waals surface area (Å²) in [4.78, 5) is 16.2. The van der Waals surface area contributed by atoms with E-state index in [0.717, 1.165) is 12.8 Å². The molecule has 86 valence electrons. The molecule has 1 atom stereocenters. The molecule has 1 aliphatic carbocycles. The van der Waals surface area contributed by atoms with Crippen LogP contribution in [-0.2, 0) is 4.79 Å². The molecule has 1 unspecified atom stereocenters. The fraction of sp³-hybridized carbons (Fsp3) is 0.556. The van der Waals surface area contributed by atoms with Crippen molar-refractivity contribution in [3.05, 3.63) is 12.2 Å². The standard InChI is InChI=1S/C9H13N5OS/c1-5(6-11-4-12-14-6)13-8(15)9(2-3-9)7(10)16/h4-5H,2-3H2,1H3,(H2,10,16)(H,13,15)(H,11,12,14). The van der Waals surface area contributed by atoms with Gasteiger partial charge in [-0.05, 0) is 19.8 Å². The van der Waals surface area contributed by atoms with E-state index in [1.807, 2.05) is 6.92 Å². The normalized spacial score (nSPS) is 18.8. The van der Waals surface area contributed by atoms with Gasteiger partial charge in [-0.3, -0.25) is 9.89 Å². The molecule has 1 heterocycles. The molecule has 1 amide bonds. The van der Waals surface area contributed by atoms with Gasteiger partial charge in [0, 0.05) is 0 Å². The van der Waals surface area contributed by atoms with Crippen LogP contribution in [0.25, 0.3) is 0 Å². The Kier molecular flexibility index (Phi) is 2.63. The molecule has 16 heavy (non-hydrogen) atoms. The number of hydrogen-bond acceptors (Lipinski definition) is 4. The van der Waals surface area contributed by atoms with Gasteiger partial charge < -0.3 is 11.1 Å². The predicted octanol–water partition coefficient (Wildman–Crippen LogP) is 0.0482. The first-order valence-electron chi connectivity index (χ1n) is 5.02. The minimum absolute atomic E-state index is 0.121. The smallest absolute Gasteiger partial charge is 0.233 e. The number of nitrogens with one attached hydrogen (secondary N) is 2. The Bertz CT molecular complexity index is 412. The lowest BCUT2D eigenvalue weighted by Gasteiger charge is -2.17. The third kappa shape index (κ3) is 1.78. The maximum Gasteiger partial charge on any atom is 0.233 e. The van der Waals surface area contributed by atoms with Crippen LogP contribution in [0.1, 0.15) is 31.6 Å². The third-order valence-corrected chi connectivity index (χ3v) is 3.24. The highest BCUT2D eigenvalue weighted by Crippen LogP contribution is 2.46. The van der Waals surface area contributed by atoms with Crippen LogP contribution in [-0.4, -0.2) is 26.1 Å². The molecule has 1 aromatic heterocycles. The molecule has 0 radical (unpaired) electrons. The Labute approximate surface area is 98.0 Å². The van der Waals surface area contributed by atoms with Crippen LogP contribution in [0.2, 0.25) is 0 Å². The molecule has 1 aromatic rings. The highest BCUT2D eigenvalue weighted by Gasteiger charge is 2.53. The van der Waals surface area contributed by atoms with Gasteiger partial charge in [0.2, 0.25) is 5.91 Å². The summed E-state index contributed by atoms with van der Waals surface area (Å²) in [5, 5.41) is 9.26. The zero-order chi connectivity index (χ0) is 11.8.